The van der Waals surface area contributed by atoms with Gasteiger partial charge in [-0.05, 0) is 41.1 Å². The second kappa shape index (κ2) is 10.5. The molecule has 0 aliphatic heterocycles. The van der Waals surface area contributed by atoms with E-state index in [9.17, 15) is 23.3 Å². The quantitative estimate of drug-likeness (QED) is 0.212. The minimum Gasteiger partial charge on any atom is -0.422 e. The smallest absolute Gasteiger partial charge is 0.353 e. The highest BCUT2D eigenvalue weighted by Crippen LogP contribution is 2.20. The molecular formula is C21H18N4O5S3. The van der Waals surface area contributed by atoms with Crippen molar-refractivity contribution in [3.05, 3.63) is 57.8 Å². The Kier molecular flexibility index (Phi) is 7.70. The lowest BCUT2D eigenvalue weighted by Gasteiger charge is -2.04. The number of benzene rings is 1. The summed E-state index contributed by atoms with van der Waals surface area (Å²) in [5.41, 5.74) is 0.301. The van der Waals surface area contributed by atoms with E-state index in [1.54, 1.807) is 61.7 Å². The van der Waals surface area contributed by atoms with Crippen LogP contribution in [0.15, 0.2) is 52.5 Å². The van der Waals surface area contributed by atoms with Gasteiger partial charge in [0.25, 0.3) is 11.1 Å². The number of esters is 1. The van der Waals surface area contributed by atoms with Gasteiger partial charge in [-0.1, -0.05) is 32.0 Å². The third kappa shape index (κ3) is 6.55. The molecule has 0 aliphatic carbocycles. The van der Waals surface area contributed by atoms with Gasteiger partial charge < -0.3 is 4.74 Å². The molecule has 0 fully saturated rings. The maximum atomic E-state index is 12.4. The molecule has 0 spiro atoms. The Hall–Kier alpha value is -3.40. The normalized spacial score (nSPS) is 11.8. The summed E-state index contributed by atoms with van der Waals surface area (Å²) in [7, 11) is -3.65. The number of hydrogen-bond donors (Lipinski definition) is 1. The third-order valence-electron chi connectivity index (χ3n) is 3.95. The molecular weight excluding hydrogens is 484 g/mol. The van der Waals surface area contributed by atoms with Crippen molar-refractivity contribution in [2.45, 2.75) is 19.0 Å². The van der Waals surface area contributed by atoms with Gasteiger partial charge in [-0.3, -0.25) is 10.1 Å². The number of aromatic nitrogens is 2. The molecule has 0 atom stereocenters. The molecule has 0 saturated carbocycles. The first kappa shape index (κ1) is 24.2. The number of anilines is 1. The average Bonchev–Trinajstić information content (AvgIpc) is 3.45. The Balaban J connectivity index is 1.67. The standard InChI is InChI=1S/C21H18N4O5S3/c1-13(2)12-33(28,29)21-24-20(32-25-21)23-18(26)15(11-22)10-14-5-7-16(8-6-14)30-19(27)17-4-3-9-31-17/h3-10,13H,12H2,1-2H3,(H,23,24,25,26). The number of thiophene rings is 1. The zero-order chi connectivity index (χ0) is 24.0. The fraction of sp³-hybridized carbons (Fsp3) is 0.190. The molecule has 33 heavy (non-hydrogen) atoms. The van der Waals surface area contributed by atoms with Gasteiger partial charge in [-0.2, -0.15) is 14.6 Å². The van der Waals surface area contributed by atoms with E-state index >= 15 is 0 Å². The van der Waals surface area contributed by atoms with E-state index in [1.807, 2.05) is 0 Å². The maximum absolute atomic E-state index is 12.4. The average molecular weight is 503 g/mol. The molecule has 0 radical (unpaired) electrons. The fourth-order valence-electron chi connectivity index (χ4n) is 2.56. The zero-order valence-corrected chi connectivity index (χ0v) is 20.0. The third-order valence-corrected chi connectivity index (χ3v) is 7.39. The van der Waals surface area contributed by atoms with Crippen molar-refractivity contribution < 1.29 is 22.7 Å². The number of sulfone groups is 1. The summed E-state index contributed by atoms with van der Waals surface area (Å²) in [5.74, 6) is -1.13. The molecule has 0 saturated heterocycles. The maximum Gasteiger partial charge on any atom is 0.353 e. The topological polar surface area (TPSA) is 139 Å². The molecule has 3 aromatic rings. The summed E-state index contributed by atoms with van der Waals surface area (Å²) in [6.07, 6.45) is 1.34. The Bertz CT molecular complexity index is 1320. The fourth-order valence-corrected chi connectivity index (χ4v) is 5.52. The van der Waals surface area contributed by atoms with Gasteiger partial charge in [0.05, 0.1) is 5.75 Å². The van der Waals surface area contributed by atoms with Gasteiger partial charge in [0.2, 0.25) is 15.0 Å². The van der Waals surface area contributed by atoms with Crippen LogP contribution < -0.4 is 10.1 Å². The summed E-state index contributed by atoms with van der Waals surface area (Å²) < 4.78 is 33.5. The Morgan fingerprint density at radius 1 is 1.24 bits per heavy atom. The molecule has 1 N–H and O–H groups in total. The summed E-state index contributed by atoms with van der Waals surface area (Å²) >= 11 is 1.98. The van der Waals surface area contributed by atoms with Crippen LogP contribution in [0.4, 0.5) is 5.13 Å². The van der Waals surface area contributed by atoms with Crippen LogP contribution in [0.25, 0.3) is 6.08 Å². The van der Waals surface area contributed by atoms with E-state index in [-0.39, 0.29) is 27.5 Å². The minimum atomic E-state index is -3.65. The van der Waals surface area contributed by atoms with Crippen LogP contribution in [0.3, 0.4) is 0 Å². The summed E-state index contributed by atoms with van der Waals surface area (Å²) in [4.78, 5) is 28.8. The number of amides is 1. The second-order valence-corrected chi connectivity index (χ2v) is 10.7. The predicted molar refractivity (Wildman–Crippen MR) is 125 cm³/mol. The van der Waals surface area contributed by atoms with Gasteiger partial charge in [0, 0.05) is 11.5 Å². The van der Waals surface area contributed by atoms with E-state index in [4.69, 9.17) is 4.74 Å². The van der Waals surface area contributed by atoms with Crippen molar-refractivity contribution in [2.24, 2.45) is 5.92 Å². The van der Waals surface area contributed by atoms with Gasteiger partial charge >= 0.3 is 5.97 Å². The lowest BCUT2D eigenvalue weighted by molar-refractivity contribution is -0.112. The van der Waals surface area contributed by atoms with E-state index in [2.05, 4.69) is 14.7 Å². The minimum absolute atomic E-state index is 0.0284. The molecule has 12 heteroatoms. The van der Waals surface area contributed by atoms with Crippen molar-refractivity contribution in [3.8, 4) is 11.8 Å². The lowest BCUT2D eigenvalue weighted by Crippen LogP contribution is -2.15. The van der Waals surface area contributed by atoms with Crippen LogP contribution in [0.5, 0.6) is 5.75 Å². The van der Waals surface area contributed by atoms with Crippen LogP contribution in [-0.2, 0) is 14.6 Å². The highest BCUT2D eigenvalue weighted by Gasteiger charge is 2.23. The van der Waals surface area contributed by atoms with E-state index in [1.165, 1.54) is 17.4 Å². The molecule has 0 bridgehead atoms. The van der Waals surface area contributed by atoms with Gasteiger partial charge in [-0.25, -0.2) is 13.2 Å². The number of ether oxygens (including phenoxy) is 1. The zero-order valence-electron chi connectivity index (χ0n) is 17.5. The van der Waals surface area contributed by atoms with Crippen LogP contribution >= 0.6 is 22.9 Å². The Morgan fingerprint density at radius 3 is 2.58 bits per heavy atom. The summed E-state index contributed by atoms with van der Waals surface area (Å²) in [6.45, 7) is 3.52. The Labute approximate surface area is 198 Å². The molecule has 1 amide bonds. The van der Waals surface area contributed by atoms with E-state index in [0.717, 1.165) is 0 Å². The second-order valence-electron chi connectivity index (χ2n) is 7.12. The molecule has 0 unspecified atom stereocenters. The first-order valence-corrected chi connectivity index (χ1v) is 12.8. The van der Waals surface area contributed by atoms with E-state index < -0.39 is 21.7 Å². The molecule has 170 valence electrons. The van der Waals surface area contributed by atoms with Gasteiger partial charge in [0.1, 0.15) is 22.3 Å². The molecule has 0 aliphatic rings. The molecule has 9 nitrogen and oxygen atoms in total. The van der Waals surface area contributed by atoms with Crippen molar-refractivity contribution in [3.63, 3.8) is 0 Å². The van der Waals surface area contributed by atoms with Gasteiger partial charge in [-0.15, -0.1) is 11.3 Å². The predicted octanol–water partition coefficient (Wildman–Crippen LogP) is 3.79. The molecule has 2 heterocycles. The van der Waals surface area contributed by atoms with E-state index in [0.29, 0.717) is 27.7 Å². The lowest BCUT2D eigenvalue weighted by atomic mass is 10.1. The monoisotopic (exact) mass is 502 g/mol. The number of nitriles is 1. The van der Waals surface area contributed by atoms with Crippen molar-refractivity contribution >= 4 is 55.8 Å². The van der Waals surface area contributed by atoms with Crippen LogP contribution in [0, 0.1) is 17.2 Å². The number of carbonyl (C=O) groups excluding carboxylic acids is 2. The number of nitrogens with zero attached hydrogens (tertiary/aromatic N) is 3. The first-order chi connectivity index (χ1) is 15.7. The van der Waals surface area contributed by atoms with Crippen molar-refractivity contribution in [1.29, 1.82) is 5.26 Å². The number of carbonyl (C=O) groups is 2. The summed E-state index contributed by atoms with van der Waals surface area (Å²) in [5, 5.41) is 13.2. The van der Waals surface area contributed by atoms with Crippen LogP contribution in [0.1, 0.15) is 29.1 Å². The number of nitrogens with one attached hydrogen (secondary N) is 1. The largest absolute Gasteiger partial charge is 0.422 e. The van der Waals surface area contributed by atoms with Crippen molar-refractivity contribution in [1.82, 2.24) is 9.36 Å². The SMILES string of the molecule is CC(C)CS(=O)(=O)c1nsc(NC(=O)C(C#N)=Cc2ccc(OC(=O)c3cccs3)cc2)n1. The highest BCUT2D eigenvalue weighted by atomic mass is 32.2. The van der Waals surface area contributed by atoms with Crippen molar-refractivity contribution in [2.75, 3.05) is 11.1 Å². The van der Waals surface area contributed by atoms with Crippen LogP contribution in [-0.4, -0.2) is 35.4 Å². The molecule has 2 aromatic heterocycles. The number of rotatable bonds is 8. The number of hydrogen-bond acceptors (Lipinski definition) is 10. The van der Waals surface area contributed by atoms with Gasteiger partial charge in [0.15, 0.2) is 0 Å². The van der Waals surface area contributed by atoms with Crippen LogP contribution in [0.2, 0.25) is 0 Å². The first-order valence-electron chi connectivity index (χ1n) is 9.53. The molecule has 3 rings (SSSR count). The molecule has 1 aromatic carbocycles. The highest BCUT2D eigenvalue weighted by molar-refractivity contribution is 7.91. The summed E-state index contributed by atoms with van der Waals surface area (Å²) in [6, 6.07) is 11.5. The Morgan fingerprint density at radius 2 is 1.97 bits per heavy atom.